The summed E-state index contributed by atoms with van der Waals surface area (Å²) in [5.41, 5.74) is 9.47. The Morgan fingerprint density at radius 3 is 2.47 bits per heavy atom. The van der Waals surface area contributed by atoms with Gasteiger partial charge in [0, 0.05) is 18.7 Å². The van der Waals surface area contributed by atoms with Crippen molar-refractivity contribution in [2.24, 2.45) is 0 Å². The molecule has 8 heteroatoms. The molecule has 0 unspecified atom stereocenters. The summed E-state index contributed by atoms with van der Waals surface area (Å²) in [7, 11) is 0. The van der Waals surface area contributed by atoms with Gasteiger partial charge in [0.2, 0.25) is 5.82 Å². The number of nitrogen functional groups attached to an aromatic ring is 1. The van der Waals surface area contributed by atoms with Gasteiger partial charge < -0.3 is 15.8 Å². The maximum atomic E-state index is 12.5. The lowest BCUT2D eigenvalue weighted by atomic mass is 10.1. The molecule has 0 aliphatic carbocycles. The van der Waals surface area contributed by atoms with Crippen LogP contribution in [-0.2, 0) is 13.0 Å². The molecule has 0 saturated carbocycles. The fourth-order valence-electron chi connectivity index (χ4n) is 3.37. The first-order valence-corrected chi connectivity index (χ1v) is 10.2. The maximum Gasteiger partial charge on any atom is 0.288 e. The standard InChI is InChI=1S/C24H24N6O2/c1-15-12-21(25)27-16(2)20(15)14-26-24(31)23-28-22(29-30-23)13-17-8-10-19(11-9-17)32-18-6-4-3-5-7-18/h3-12H,13-14H2,1-2H3,(H2,25,27)(H,26,31)(H,28,29,30). The van der Waals surface area contributed by atoms with E-state index < -0.39 is 0 Å². The van der Waals surface area contributed by atoms with Gasteiger partial charge in [0.05, 0.1) is 0 Å². The Kier molecular flexibility index (Phi) is 6.12. The number of ether oxygens (including phenoxy) is 1. The van der Waals surface area contributed by atoms with Crippen LogP contribution in [0.2, 0.25) is 0 Å². The number of nitrogens with two attached hydrogens (primary N) is 1. The number of nitrogens with one attached hydrogen (secondary N) is 2. The van der Waals surface area contributed by atoms with Crippen molar-refractivity contribution >= 4 is 11.7 Å². The Labute approximate surface area is 185 Å². The molecule has 0 aliphatic rings. The van der Waals surface area contributed by atoms with Gasteiger partial charge in [-0.15, -0.1) is 0 Å². The van der Waals surface area contributed by atoms with Gasteiger partial charge in [-0.05, 0) is 60.9 Å². The zero-order valence-corrected chi connectivity index (χ0v) is 17.9. The van der Waals surface area contributed by atoms with E-state index >= 15 is 0 Å². The number of para-hydroxylation sites is 1. The van der Waals surface area contributed by atoms with Crippen LogP contribution in [0.4, 0.5) is 5.82 Å². The SMILES string of the molecule is Cc1cc(N)nc(C)c1CNC(=O)c1nc(Cc2ccc(Oc3ccccc3)cc2)n[nH]1. The molecule has 2 aromatic heterocycles. The first-order chi connectivity index (χ1) is 15.5. The summed E-state index contributed by atoms with van der Waals surface area (Å²) in [5, 5.41) is 9.73. The predicted octanol–water partition coefficient (Wildman–Crippen LogP) is 3.71. The van der Waals surface area contributed by atoms with Crippen molar-refractivity contribution in [2.75, 3.05) is 5.73 Å². The van der Waals surface area contributed by atoms with E-state index in [4.69, 9.17) is 10.5 Å². The van der Waals surface area contributed by atoms with Crippen LogP contribution in [0.25, 0.3) is 0 Å². The first kappa shape index (κ1) is 21.0. The number of hydrogen-bond donors (Lipinski definition) is 3. The molecule has 4 aromatic rings. The van der Waals surface area contributed by atoms with E-state index in [1.165, 1.54) is 0 Å². The monoisotopic (exact) mass is 428 g/mol. The van der Waals surface area contributed by atoms with E-state index in [0.717, 1.165) is 33.9 Å². The summed E-state index contributed by atoms with van der Waals surface area (Å²) < 4.78 is 5.80. The Balaban J connectivity index is 1.35. The molecule has 4 N–H and O–H groups in total. The maximum absolute atomic E-state index is 12.5. The lowest BCUT2D eigenvalue weighted by Gasteiger charge is -2.10. The molecule has 0 bridgehead atoms. The number of carbonyl (C=O) groups is 1. The summed E-state index contributed by atoms with van der Waals surface area (Å²) in [6, 6.07) is 19.1. The number of aryl methyl sites for hydroxylation is 2. The minimum atomic E-state index is -0.328. The molecular formula is C24H24N6O2. The number of hydrogen-bond acceptors (Lipinski definition) is 6. The van der Waals surface area contributed by atoms with Gasteiger partial charge in [0.1, 0.15) is 17.3 Å². The number of benzene rings is 2. The average Bonchev–Trinajstić information content (AvgIpc) is 3.23. The number of nitrogens with zero attached hydrogens (tertiary/aromatic N) is 3. The molecule has 1 amide bonds. The summed E-state index contributed by atoms with van der Waals surface area (Å²) >= 11 is 0. The van der Waals surface area contributed by atoms with Crippen molar-refractivity contribution in [3.63, 3.8) is 0 Å². The number of rotatable bonds is 7. The minimum Gasteiger partial charge on any atom is -0.457 e. The molecule has 4 rings (SSSR count). The van der Waals surface area contributed by atoms with E-state index in [-0.39, 0.29) is 11.7 Å². The van der Waals surface area contributed by atoms with Gasteiger partial charge in [-0.3, -0.25) is 9.89 Å². The summed E-state index contributed by atoms with van der Waals surface area (Å²) in [6.45, 7) is 4.14. The number of carbonyl (C=O) groups excluding carboxylic acids is 1. The van der Waals surface area contributed by atoms with Gasteiger partial charge in [0.15, 0.2) is 5.82 Å². The van der Waals surface area contributed by atoms with Crippen LogP contribution in [0.1, 0.15) is 38.8 Å². The smallest absolute Gasteiger partial charge is 0.288 e. The number of amides is 1. The van der Waals surface area contributed by atoms with Gasteiger partial charge >= 0.3 is 0 Å². The van der Waals surface area contributed by atoms with Crippen LogP contribution >= 0.6 is 0 Å². The Morgan fingerprint density at radius 2 is 1.75 bits per heavy atom. The highest BCUT2D eigenvalue weighted by atomic mass is 16.5. The minimum absolute atomic E-state index is 0.169. The molecule has 0 atom stereocenters. The summed E-state index contributed by atoms with van der Waals surface area (Å²) in [4.78, 5) is 21.1. The highest BCUT2D eigenvalue weighted by Crippen LogP contribution is 2.21. The van der Waals surface area contributed by atoms with E-state index in [0.29, 0.717) is 24.6 Å². The molecule has 0 spiro atoms. The van der Waals surface area contributed by atoms with E-state index in [1.54, 1.807) is 6.07 Å². The third-order valence-electron chi connectivity index (χ3n) is 5.01. The number of H-pyrrole nitrogens is 1. The average molecular weight is 428 g/mol. The predicted molar refractivity (Wildman–Crippen MR) is 121 cm³/mol. The van der Waals surface area contributed by atoms with Crippen molar-refractivity contribution < 1.29 is 9.53 Å². The van der Waals surface area contributed by atoms with Gasteiger partial charge in [0.25, 0.3) is 5.91 Å². The summed E-state index contributed by atoms with van der Waals surface area (Å²) in [5.74, 6) is 2.37. The number of aromatic amines is 1. The van der Waals surface area contributed by atoms with Crippen molar-refractivity contribution in [3.05, 3.63) is 94.7 Å². The van der Waals surface area contributed by atoms with E-state index in [9.17, 15) is 4.79 Å². The second kappa shape index (κ2) is 9.30. The highest BCUT2D eigenvalue weighted by molar-refractivity contribution is 5.90. The third-order valence-corrected chi connectivity index (χ3v) is 5.01. The molecule has 0 saturated heterocycles. The Hall–Kier alpha value is -4.20. The Morgan fingerprint density at radius 1 is 1.03 bits per heavy atom. The molecule has 8 nitrogen and oxygen atoms in total. The van der Waals surface area contributed by atoms with Crippen LogP contribution in [0, 0.1) is 13.8 Å². The number of aromatic nitrogens is 4. The number of anilines is 1. The molecule has 2 heterocycles. The first-order valence-electron chi connectivity index (χ1n) is 10.2. The fraction of sp³-hybridized carbons (Fsp3) is 0.167. The second-order valence-corrected chi connectivity index (χ2v) is 7.45. The van der Waals surface area contributed by atoms with Crippen molar-refractivity contribution in [1.29, 1.82) is 0 Å². The lowest BCUT2D eigenvalue weighted by molar-refractivity contribution is 0.0940. The molecular weight excluding hydrogens is 404 g/mol. The molecule has 0 radical (unpaired) electrons. The van der Waals surface area contributed by atoms with Crippen LogP contribution in [0.15, 0.2) is 60.7 Å². The zero-order valence-electron chi connectivity index (χ0n) is 17.9. The van der Waals surface area contributed by atoms with Gasteiger partial charge in [-0.25, -0.2) is 9.97 Å². The van der Waals surface area contributed by atoms with Crippen LogP contribution in [0.3, 0.4) is 0 Å². The molecule has 162 valence electrons. The van der Waals surface area contributed by atoms with E-state index in [1.807, 2.05) is 68.4 Å². The summed E-state index contributed by atoms with van der Waals surface area (Å²) in [6.07, 6.45) is 0.496. The van der Waals surface area contributed by atoms with Crippen LogP contribution < -0.4 is 15.8 Å². The van der Waals surface area contributed by atoms with Crippen LogP contribution in [0.5, 0.6) is 11.5 Å². The topological polar surface area (TPSA) is 119 Å². The Bertz CT molecular complexity index is 1200. The molecule has 32 heavy (non-hydrogen) atoms. The fourth-order valence-corrected chi connectivity index (χ4v) is 3.37. The molecule has 0 aliphatic heterocycles. The van der Waals surface area contributed by atoms with Crippen molar-refractivity contribution in [3.8, 4) is 11.5 Å². The van der Waals surface area contributed by atoms with E-state index in [2.05, 4.69) is 25.5 Å². The largest absolute Gasteiger partial charge is 0.457 e. The van der Waals surface area contributed by atoms with Crippen molar-refractivity contribution in [1.82, 2.24) is 25.5 Å². The number of pyridine rings is 1. The zero-order chi connectivity index (χ0) is 22.5. The third kappa shape index (κ3) is 5.10. The molecule has 2 aromatic carbocycles. The van der Waals surface area contributed by atoms with Gasteiger partial charge in [-0.2, -0.15) is 5.10 Å². The van der Waals surface area contributed by atoms with Crippen molar-refractivity contribution in [2.45, 2.75) is 26.8 Å². The second-order valence-electron chi connectivity index (χ2n) is 7.45. The highest BCUT2D eigenvalue weighted by Gasteiger charge is 2.14. The lowest BCUT2D eigenvalue weighted by Crippen LogP contribution is -2.25. The normalized spacial score (nSPS) is 10.7. The van der Waals surface area contributed by atoms with Crippen LogP contribution in [-0.4, -0.2) is 26.1 Å². The van der Waals surface area contributed by atoms with Gasteiger partial charge in [-0.1, -0.05) is 30.3 Å². The molecule has 0 fully saturated rings. The quantitative estimate of drug-likeness (QED) is 0.413.